The molecule has 1 fully saturated rings. The van der Waals surface area contributed by atoms with Crippen LogP contribution in [0.25, 0.3) is 0 Å². The predicted molar refractivity (Wildman–Crippen MR) is 77.0 cm³/mol. The molecular formula is C14H17ClN2O3. The standard InChI is InChI=1S/C14H17ClN2O3/c1-14(6-2-3-11(14)16)13(20)17-10-7-8(12(18)19)4-5-9(10)15/h4-5,7,11H,2-3,6,16H2,1H3,(H,17,20)(H,18,19). The minimum absolute atomic E-state index is 0.0746. The molecule has 1 amide bonds. The Morgan fingerprint density at radius 2 is 2.20 bits per heavy atom. The summed E-state index contributed by atoms with van der Waals surface area (Å²) in [6.07, 6.45) is 2.44. The average Bonchev–Trinajstić information content (AvgIpc) is 2.73. The van der Waals surface area contributed by atoms with Crippen LogP contribution in [0.15, 0.2) is 18.2 Å². The molecular weight excluding hydrogens is 280 g/mol. The Balaban J connectivity index is 2.23. The topological polar surface area (TPSA) is 92.4 Å². The van der Waals surface area contributed by atoms with E-state index in [4.69, 9.17) is 22.4 Å². The molecule has 1 aromatic rings. The smallest absolute Gasteiger partial charge is 0.335 e. The summed E-state index contributed by atoms with van der Waals surface area (Å²) in [5.41, 5.74) is 5.74. The van der Waals surface area contributed by atoms with Gasteiger partial charge < -0.3 is 16.2 Å². The molecule has 1 aromatic carbocycles. The molecule has 0 aromatic heterocycles. The fourth-order valence-electron chi connectivity index (χ4n) is 2.49. The second kappa shape index (κ2) is 5.42. The van der Waals surface area contributed by atoms with Gasteiger partial charge in [-0.15, -0.1) is 0 Å². The van der Waals surface area contributed by atoms with Crippen LogP contribution >= 0.6 is 11.6 Å². The van der Waals surface area contributed by atoms with E-state index in [0.29, 0.717) is 10.7 Å². The molecule has 0 bridgehead atoms. The first kappa shape index (κ1) is 14.8. The Kier molecular flexibility index (Phi) is 4.01. The van der Waals surface area contributed by atoms with Crippen molar-refractivity contribution >= 4 is 29.2 Å². The summed E-state index contributed by atoms with van der Waals surface area (Å²) in [6, 6.07) is 4.01. The monoisotopic (exact) mass is 296 g/mol. The van der Waals surface area contributed by atoms with Crippen LogP contribution < -0.4 is 11.1 Å². The van der Waals surface area contributed by atoms with E-state index >= 15 is 0 Å². The molecule has 0 saturated heterocycles. The van der Waals surface area contributed by atoms with E-state index in [1.165, 1.54) is 18.2 Å². The SMILES string of the molecule is CC1(C(=O)Nc2cc(C(=O)O)ccc2Cl)CCCC1N. The third kappa shape index (κ3) is 2.64. The lowest BCUT2D eigenvalue weighted by Crippen LogP contribution is -2.44. The molecule has 20 heavy (non-hydrogen) atoms. The van der Waals surface area contributed by atoms with Gasteiger partial charge in [-0.05, 0) is 38.0 Å². The van der Waals surface area contributed by atoms with Crippen molar-refractivity contribution in [3.8, 4) is 0 Å². The van der Waals surface area contributed by atoms with Gasteiger partial charge in [-0.25, -0.2) is 4.79 Å². The highest BCUT2D eigenvalue weighted by Gasteiger charge is 2.43. The number of hydrogen-bond donors (Lipinski definition) is 3. The summed E-state index contributed by atoms with van der Waals surface area (Å²) >= 11 is 5.99. The second-order valence-corrected chi connectivity index (χ2v) is 5.78. The van der Waals surface area contributed by atoms with Crippen molar-refractivity contribution in [3.63, 3.8) is 0 Å². The number of hydrogen-bond acceptors (Lipinski definition) is 3. The van der Waals surface area contributed by atoms with Gasteiger partial charge in [-0.1, -0.05) is 18.0 Å². The van der Waals surface area contributed by atoms with Crippen LogP contribution in [0.3, 0.4) is 0 Å². The molecule has 5 nitrogen and oxygen atoms in total. The molecule has 1 aliphatic carbocycles. The van der Waals surface area contributed by atoms with Crippen molar-refractivity contribution in [1.29, 1.82) is 0 Å². The summed E-state index contributed by atoms with van der Waals surface area (Å²) in [5.74, 6) is -1.28. The van der Waals surface area contributed by atoms with Crippen molar-refractivity contribution < 1.29 is 14.7 Å². The highest BCUT2D eigenvalue weighted by atomic mass is 35.5. The van der Waals surface area contributed by atoms with Gasteiger partial charge in [0, 0.05) is 6.04 Å². The van der Waals surface area contributed by atoms with Gasteiger partial charge in [0.1, 0.15) is 0 Å². The number of benzene rings is 1. The summed E-state index contributed by atoms with van der Waals surface area (Å²) in [5, 5.41) is 12.0. The zero-order chi connectivity index (χ0) is 14.9. The van der Waals surface area contributed by atoms with Gasteiger partial charge in [0.2, 0.25) is 5.91 Å². The average molecular weight is 297 g/mol. The Bertz CT molecular complexity index is 561. The first-order valence-corrected chi connectivity index (χ1v) is 6.82. The molecule has 0 radical (unpaired) electrons. The third-order valence-electron chi connectivity index (χ3n) is 4.01. The van der Waals surface area contributed by atoms with Crippen LogP contribution in [0, 0.1) is 5.41 Å². The highest BCUT2D eigenvalue weighted by molar-refractivity contribution is 6.34. The van der Waals surface area contributed by atoms with Crippen LogP contribution in [0.2, 0.25) is 5.02 Å². The molecule has 2 unspecified atom stereocenters. The van der Waals surface area contributed by atoms with Gasteiger partial charge >= 0.3 is 5.97 Å². The number of carboxylic acid groups (broad SMARTS) is 1. The zero-order valence-corrected chi connectivity index (χ0v) is 11.9. The van der Waals surface area contributed by atoms with E-state index in [9.17, 15) is 9.59 Å². The normalized spacial score (nSPS) is 25.4. The van der Waals surface area contributed by atoms with E-state index in [0.717, 1.165) is 19.3 Å². The van der Waals surface area contributed by atoms with Crippen LogP contribution in [-0.2, 0) is 4.79 Å². The first-order valence-electron chi connectivity index (χ1n) is 6.44. The number of amides is 1. The van der Waals surface area contributed by atoms with Gasteiger partial charge in [0.25, 0.3) is 0 Å². The molecule has 6 heteroatoms. The van der Waals surface area contributed by atoms with Crippen LogP contribution in [0.1, 0.15) is 36.5 Å². The van der Waals surface area contributed by atoms with E-state index in [2.05, 4.69) is 5.32 Å². The molecule has 0 aliphatic heterocycles. The number of anilines is 1. The predicted octanol–water partition coefficient (Wildman–Crippen LogP) is 2.49. The van der Waals surface area contributed by atoms with E-state index in [-0.39, 0.29) is 17.5 Å². The molecule has 1 aliphatic rings. The first-order chi connectivity index (χ1) is 9.34. The van der Waals surface area contributed by atoms with Crippen molar-refractivity contribution in [2.45, 2.75) is 32.2 Å². The molecule has 2 rings (SSSR count). The van der Waals surface area contributed by atoms with E-state index < -0.39 is 11.4 Å². The Hall–Kier alpha value is -1.59. The third-order valence-corrected chi connectivity index (χ3v) is 4.34. The molecule has 2 atom stereocenters. The number of rotatable bonds is 3. The fraction of sp³-hybridized carbons (Fsp3) is 0.429. The van der Waals surface area contributed by atoms with Crippen LogP contribution in [-0.4, -0.2) is 23.0 Å². The number of carbonyl (C=O) groups excluding carboxylic acids is 1. The maximum atomic E-state index is 12.4. The molecule has 108 valence electrons. The fourth-order valence-corrected chi connectivity index (χ4v) is 2.66. The van der Waals surface area contributed by atoms with E-state index in [1.54, 1.807) is 0 Å². The minimum atomic E-state index is -1.07. The number of carbonyl (C=O) groups is 2. The summed E-state index contributed by atoms with van der Waals surface area (Å²) in [4.78, 5) is 23.3. The van der Waals surface area contributed by atoms with Gasteiger partial charge in [0.15, 0.2) is 0 Å². The number of nitrogens with one attached hydrogen (secondary N) is 1. The van der Waals surface area contributed by atoms with Crippen LogP contribution in [0.5, 0.6) is 0 Å². The van der Waals surface area contributed by atoms with Crippen molar-refractivity contribution in [3.05, 3.63) is 28.8 Å². The van der Waals surface area contributed by atoms with Crippen molar-refractivity contribution in [2.24, 2.45) is 11.1 Å². The maximum absolute atomic E-state index is 12.4. The largest absolute Gasteiger partial charge is 0.478 e. The Morgan fingerprint density at radius 3 is 2.75 bits per heavy atom. The molecule has 4 N–H and O–H groups in total. The van der Waals surface area contributed by atoms with Crippen molar-refractivity contribution in [2.75, 3.05) is 5.32 Å². The summed E-state index contributed by atoms with van der Waals surface area (Å²) in [6.45, 7) is 1.83. The summed E-state index contributed by atoms with van der Waals surface area (Å²) in [7, 11) is 0. The number of carboxylic acids is 1. The maximum Gasteiger partial charge on any atom is 0.335 e. The lowest BCUT2D eigenvalue weighted by atomic mass is 9.84. The number of nitrogens with two attached hydrogens (primary N) is 1. The highest BCUT2D eigenvalue weighted by Crippen LogP contribution is 2.38. The van der Waals surface area contributed by atoms with Gasteiger partial charge in [0.05, 0.1) is 21.7 Å². The quantitative estimate of drug-likeness (QED) is 0.799. The lowest BCUT2D eigenvalue weighted by Gasteiger charge is -2.27. The molecule has 0 spiro atoms. The van der Waals surface area contributed by atoms with Gasteiger partial charge in [-0.2, -0.15) is 0 Å². The van der Waals surface area contributed by atoms with Crippen molar-refractivity contribution in [1.82, 2.24) is 0 Å². The minimum Gasteiger partial charge on any atom is -0.478 e. The van der Waals surface area contributed by atoms with Crippen LogP contribution in [0.4, 0.5) is 5.69 Å². The number of aromatic carboxylic acids is 1. The van der Waals surface area contributed by atoms with E-state index in [1.807, 2.05) is 6.92 Å². The second-order valence-electron chi connectivity index (χ2n) is 5.37. The number of halogens is 1. The molecule has 1 saturated carbocycles. The summed E-state index contributed by atoms with van der Waals surface area (Å²) < 4.78 is 0. The Labute approximate surface area is 122 Å². The molecule has 0 heterocycles. The zero-order valence-electron chi connectivity index (χ0n) is 11.1. The lowest BCUT2D eigenvalue weighted by molar-refractivity contribution is -0.125. The Morgan fingerprint density at radius 1 is 1.50 bits per heavy atom. The van der Waals surface area contributed by atoms with Gasteiger partial charge in [-0.3, -0.25) is 4.79 Å².